The van der Waals surface area contributed by atoms with Crippen LogP contribution in [0.2, 0.25) is 0 Å². The fourth-order valence-corrected chi connectivity index (χ4v) is 2.97. The van der Waals surface area contributed by atoms with Gasteiger partial charge in [-0.3, -0.25) is 0 Å². The maximum atomic E-state index is 5.11. The zero-order chi connectivity index (χ0) is 12.3. The van der Waals surface area contributed by atoms with Gasteiger partial charge in [-0.1, -0.05) is 13.8 Å². The van der Waals surface area contributed by atoms with Gasteiger partial charge >= 0.3 is 0 Å². The first kappa shape index (κ1) is 13.0. The number of nitrogens with one attached hydrogen (secondary N) is 1. The smallest absolute Gasteiger partial charge is 0.0954 e. The van der Waals surface area contributed by atoms with Crippen LogP contribution in [0.15, 0.2) is 0 Å². The largest absolute Gasteiger partial charge is 0.384 e. The molecule has 1 aliphatic carbocycles. The van der Waals surface area contributed by atoms with Crippen molar-refractivity contribution in [3.63, 3.8) is 0 Å². The van der Waals surface area contributed by atoms with Crippen LogP contribution in [-0.4, -0.2) is 24.7 Å². The summed E-state index contributed by atoms with van der Waals surface area (Å²) < 4.78 is 5.11. The Labute approximate surface area is 108 Å². The molecule has 1 saturated carbocycles. The van der Waals surface area contributed by atoms with Crippen molar-refractivity contribution in [1.82, 2.24) is 10.3 Å². The van der Waals surface area contributed by atoms with Crippen LogP contribution in [0.4, 0.5) is 0 Å². The van der Waals surface area contributed by atoms with Gasteiger partial charge in [-0.2, -0.15) is 0 Å². The number of ether oxygens (including phenoxy) is 1. The van der Waals surface area contributed by atoms with Gasteiger partial charge < -0.3 is 10.1 Å². The maximum absolute atomic E-state index is 5.11. The van der Waals surface area contributed by atoms with E-state index < -0.39 is 0 Å². The molecule has 1 heterocycles. The van der Waals surface area contributed by atoms with Crippen molar-refractivity contribution in [2.75, 3.05) is 13.7 Å². The summed E-state index contributed by atoms with van der Waals surface area (Å²) >= 11 is 1.84. The van der Waals surface area contributed by atoms with E-state index >= 15 is 0 Å². The third kappa shape index (κ3) is 3.76. The number of thiazole rings is 1. The summed E-state index contributed by atoms with van der Waals surface area (Å²) in [6.45, 7) is 6.19. The molecule has 0 aromatic carbocycles. The van der Waals surface area contributed by atoms with Gasteiger partial charge in [0.2, 0.25) is 0 Å². The van der Waals surface area contributed by atoms with Crippen LogP contribution in [0.1, 0.15) is 48.2 Å². The minimum atomic E-state index is 0.513. The van der Waals surface area contributed by atoms with Crippen molar-refractivity contribution < 1.29 is 4.74 Å². The second-order valence-electron chi connectivity index (χ2n) is 4.97. The molecule has 0 radical (unpaired) electrons. The Kier molecular flexibility index (Phi) is 4.54. The topological polar surface area (TPSA) is 34.1 Å². The van der Waals surface area contributed by atoms with Crippen LogP contribution in [0.25, 0.3) is 0 Å². The van der Waals surface area contributed by atoms with E-state index in [1.54, 1.807) is 7.11 Å². The van der Waals surface area contributed by atoms with Crippen LogP contribution in [-0.2, 0) is 17.7 Å². The molecule has 0 bridgehead atoms. The van der Waals surface area contributed by atoms with Crippen molar-refractivity contribution in [2.45, 2.75) is 51.6 Å². The summed E-state index contributed by atoms with van der Waals surface area (Å²) in [6, 6.07) is 0.763. The number of rotatable bonds is 7. The lowest BCUT2D eigenvalue weighted by Gasteiger charge is -2.05. The summed E-state index contributed by atoms with van der Waals surface area (Å²) in [5.41, 5.74) is 1.27. The molecule has 17 heavy (non-hydrogen) atoms. The highest BCUT2D eigenvalue weighted by Crippen LogP contribution is 2.27. The molecule has 0 atom stereocenters. The molecule has 0 amide bonds. The Balaban J connectivity index is 2.01. The molecule has 0 saturated heterocycles. The molecule has 96 valence electrons. The molecule has 1 N–H and O–H groups in total. The Hall–Kier alpha value is -0.450. The molecule has 2 rings (SSSR count). The Morgan fingerprint density at radius 3 is 2.82 bits per heavy atom. The van der Waals surface area contributed by atoms with E-state index in [0.29, 0.717) is 5.92 Å². The highest BCUT2D eigenvalue weighted by Gasteiger charge is 2.22. The van der Waals surface area contributed by atoms with Crippen LogP contribution >= 0.6 is 11.3 Å². The number of hydrogen-bond donors (Lipinski definition) is 1. The quantitative estimate of drug-likeness (QED) is 0.812. The first-order chi connectivity index (χ1) is 8.20. The number of hydrogen-bond acceptors (Lipinski definition) is 4. The van der Waals surface area contributed by atoms with E-state index in [0.717, 1.165) is 25.6 Å². The molecule has 3 nitrogen and oxygen atoms in total. The van der Waals surface area contributed by atoms with E-state index in [4.69, 9.17) is 9.72 Å². The highest BCUT2D eigenvalue weighted by molar-refractivity contribution is 7.11. The molecule has 0 unspecified atom stereocenters. The first-order valence-electron chi connectivity index (χ1n) is 6.41. The fraction of sp³-hybridized carbons (Fsp3) is 0.769. The maximum Gasteiger partial charge on any atom is 0.0954 e. The van der Waals surface area contributed by atoms with Crippen molar-refractivity contribution in [3.05, 3.63) is 15.6 Å². The second-order valence-corrected chi connectivity index (χ2v) is 6.14. The van der Waals surface area contributed by atoms with E-state index in [2.05, 4.69) is 19.2 Å². The second kappa shape index (κ2) is 5.94. The summed E-state index contributed by atoms with van der Waals surface area (Å²) in [7, 11) is 1.74. The molecule has 1 aromatic heterocycles. The van der Waals surface area contributed by atoms with E-state index in [1.165, 1.54) is 28.4 Å². The molecular formula is C13H22N2OS. The van der Waals surface area contributed by atoms with Gasteiger partial charge in [0, 0.05) is 31.0 Å². The Morgan fingerprint density at radius 1 is 1.47 bits per heavy atom. The van der Waals surface area contributed by atoms with Crippen molar-refractivity contribution >= 4 is 11.3 Å². The first-order valence-corrected chi connectivity index (χ1v) is 7.23. The van der Waals surface area contributed by atoms with Crippen molar-refractivity contribution in [3.8, 4) is 0 Å². The minimum absolute atomic E-state index is 0.513. The molecule has 4 heteroatoms. The third-order valence-electron chi connectivity index (χ3n) is 2.97. The highest BCUT2D eigenvalue weighted by atomic mass is 32.1. The number of nitrogens with zero attached hydrogens (tertiary/aromatic N) is 1. The lowest BCUT2D eigenvalue weighted by Crippen LogP contribution is -2.15. The van der Waals surface area contributed by atoms with Crippen molar-refractivity contribution in [2.24, 2.45) is 0 Å². The van der Waals surface area contributed by atoms with Gasteiger partial charge in [0.1, 0.15) is 0 Å². The molecule has 0 aliphatic heterocycles. The average molecular weight is 254 g/mol. The van der Waals surface area contributed by atoms with Gasteiger partial charge in [-0.15, -0.1) is 11.3 Å². The van der Waals surface area contributed by atoms with Gasteiger partial charge in [-0.05, 0) is 18.8 Å². The zero-order valence-electron chi connectivity index (χ0n) is 11.0. The van der Waals surface area contributed by atoms with Gasteiger partial charge in [0.25, 0.3) is 0 Å². The summed E-state index contributed by atoms with van der Waals surface area (Å²) in [4.78, 5) is 6.16. The van der Waals surface area contributed by atoms with Crippen molar-refractivity contribution in [1.29, 1.82) is 0 Å². The van der Waals surface area contributed by atoms with E-state index in [1.807, 2.05) is 11.3 Å². The predicted molar refractivity (Wildman–Crippen MR) is 71.6 cm³/mol. The summed E-state index contributed by atoms with van der Waals surface area (Å²) in [6.07, 6.45) is 3.61. The molecule has 1 aliphatic rings. The zero-order valence-corrected chi connectivity index (χ0v) is 11.8. The monoisotopic (exact) mass is 254 g/mol. The number of aromatic nitrogens is 1. The number of methoxy groups -OCH3 is 1. The van der Waals surface area contributed by atoms with Gasteiger partial charge in [0.05, 0.1) is 17.3 Å². The van der Waals surface area contributed by atoms with Gasteiger partial charge in [-0.25, -0.2) is 4.98 Å². The van der Waals surface area contributed by atoms with E-state index in [9.17, 15) is 0 Å². The Morgan fingerprint density at radius 2 is 2.24 bits per heavy atom. The lowest BCUT2D eigenvalue weighted by molar-refractivity contribution is 0.202. The summed E-state index contributed by atoms with van der Waals surface area (Å²) in [5.74, 6) is 0.513. The summed E-state index contributed by atoms with van der Waals surface area (Å²) in [5, 5.41) is 4.79. The van der Waals surface area contributed by atoms with Crippen LogP contribution in [0.5, 0.6) is 0 Å². The van der Waals surface area contributed by atoms with Gasteiger partial charge in [0.15, 0.2) is 0 Å². The molecular weight excluding hydrogens is 232 g/mol. The van der Waals surface area contributed by atoms with E-state index in [-0.39, 0.29) is 0 Å². The standard InChI is InChI=1S/C13H22N2OS/c1-9(2)13-11(8-14-10-4-5-10)17-12(15-13)6-7-16-3/h9-10,14H,4-8H2,1-3H3. The normalized spacial score (nSPS) is 15.8. The Bertz CT molecular complexity index is 358. The predicted octanol–water partition coefficient (Wildman–Crippen LogP) is 2.71. The molecule has 0 spiro atoms. The minimum Gasteiger partial charge on any atom is -0.384 e. The lowest BCUT2D eigenvalue weighted by atomic mass is 10.1. The average Bonchev–Trinajstić information content (AvgIpc) is 3.03. The van der Waals surface area contributed by atoms with Crippen LogP contribution in [0, 0.1) is 0 Å². The molecule has 1 aromatic rings. The van der Waals surface area contributed by atoms with Crippen LogP contribution < -0.4 is 5.32 Å². The molecule has 1 fully saturated rings. The fourth-order valence-electron chi connectivity index (χ4n) is 1.81. The van der Waals surface area contributed by atoms with Crippen LogP contribution in [0.3, 0.4) is 0 Å². The third-order valence-corrected chi connectivity index (χ3v) is 4.10. The SMILES string of the molecule is COCCc1nc(C(C)C)c(CNC2CC2)s1.